The molecule has 1 heterocycles. The molecule has 1 aliphatic rings. The Labute approximate surface area is 62.8 Å². The lowest BCUT2D eigenvalue weighted by Gasteiger charge is -2.14. The number of nitrogens with one attached hydrogen (secondary N) is 2. The molecule has 0 radical (unpaired) electrons. The molecular formula is C7H17N3. The summed E-state index contributed by atoms with van der Waals surface area (Å²) in [6, 6.07) is 0. The molecule has 0 aliphatic carbocycles. The van der Waals surface area contributed by atoms with Crippen LogP contribution in [0.15, 0.2) is 0 Å². The Balaban J connectivity index is 2.15. The molecule has 60 valence electrons. The normalized spacial score (nSPS) is 24.9. The third-order valence-corrected chi connectivity index (χ3v) is 1.78. The van der Waals surface area contributed by atoms with Gasteiger partial charge in [0.25, 0.3) is 0 Å². The van der Waals surface area contributed by atoms with Crippen molar-refractivity contribution in [2.75, 3.05) is 33.5 Å². The fraction of sp³-hybridized carbons (Fsp3) is 1.00. The van der Waals surface area contributed by atoms with Gasteiger partial charge in [0, 0.05) is 13.3 Å². The van der Waals surface area contributed by atoms with Crippen molar-refractivity contribution in [3.8, 4) is 0 Å². The van der Waals surface area contributed by atoms with Gasteiger partial charge >= 0.3 is 0 Å². The van der Waals surface area contributed by atoms with Gasteiger partial charge in [-0.3, -0.25) is 10.2 Å². The Morgan fingerprint density at radius 2 is 2.10 bits per heavy atom. The lowest BCUT2D eigenvalue weighted by Crippen LogP contribution is -2.35. The first-order valence-corrected chi connectivity index (χ1v) is 3.99. The van der Waals surface area contributed by atoms with Crippen LogP contribution < -0.4 is 10.6 Å². The number of nitrogens with zero attached hydrogens (tertiary/aromatic N) is 1. The fourth-order valence-electron chi connectivity index (χ4n) is 1.13. The van der Waals surface area contributed by atoms with Gasteiger partial charge in [-0.1, -0.05) is 0 Å². The van der Waals surface area contributed by atoms with E-state index < -0.39 is 0 Å². The van der Waals surface area contributed by atoms with Crippen LogP contribution in [0.25, 0.3) is 0 Å². The van der Waals surface area contributed by atoms with Crippen LogP contribution in [0.5, 0.6) is 0 Å². The maximum absolute atomic E-state index is 3.31. The highest BCUT2D eigenvalue weighted by molar-refractivity contribution is 4.55. The van der Waals surface area contributed by atoms with E-state index >= 15 is 0 Å². The van der Waals surface area contributed by atoms with Crippen molar-refractivity contribution in [2.45, 2.75) is 12.8 Å². The maximum Gasteiger partial charge on any atom is 0.0487 e. The average molecular weight is 143 g/mol. The van der Waals surface area contributed by atoms with Crippen LogP contribution in [0.2, 0.25) is 0 Å². The molecule has 0 spiro atoms. The van der Waals surface area contributed by atoms with E-state index in [0.717, 1.165) is 19.9 Å². The quantitative estimate of drug-likeness (QED) is 0.492. The average Bonchev–Trinajstić information content (AvgIpc) is 2.02. The fourth-order valence-corrected chi connectivity index (χ4v) is 1.13. The SMILES string of the molecule is CN1CCCCNCNC1. The first-order chi connectivity index (χ1) is 4.89. The summed E-state index contributed by atoms with van der Waals surface area (Å²) in [5.41, 5.74) is 0. The van der Waals surface area contributed by atoms with Crippen LogP contribution in [-0.4, -0.2) is 38.4 Å². The minimum atomic E-state index is 0.949. The summed E-state index contributed by atoms with van der Waals surface area (Å²) in [5.74, 6) is 0. The van der Waals surface area contributed by atoms with Crippen LogP contribution in [-0.2, 0) is 0 Å². The van der Waals surface area contributed by atoms with Crippen LogP contribution in [0.3, 0.4) is 0 Å². The summed E-state index contributed by atoms with van der Waals surface area (Å²) in [4.78, 5) is 2.31. The van der Waals surface area contributed by atoms with Crippen molar-refractivity contribution in [1.82, 2.24) is 15.5 Å². The third-order valence-electron chi connectivity index (χ3n) is 1.78. The molecule has 0 aromatic carbocycles. The second-order valence-corrected chi connectivity index (χ2v) is 2.87. The number of hydrogen-bond acceptors (Lipinski definition) is 3. The smallest absolute Gasteiger partial charge is 0.0487 e. The molecular weight excluding hydrogens is 126 g/mol. The Bertz CT molecular complexity index is 74.9. The van der Waals surface area contributed by atoms with E-state index in [4.69, 9.17) is 0 Å². The monoisotopic (exact) mass is 143 g/mol. The second-order valence-electron chi connectivity index (χ2n) is 2.87. The minimum Gasteiger partial charge on any atom is -0.304 e. The predicted molar refractivity (Wildman–Crippen MR) is 42.7 cm³/mol. The summed E-state index contributed by atoms with van der Waals surface area (Å²) in [7, 11) is 2.15. The lowest BCUT2D eigenvalue weighted by molar-refractivity contribution is 0.308. The molecule has 3 nitrogen and oxygen atoms in total. The van der Waals surface area contributed by atoms with Gasteiger partial charge in [-0.25, -0.2) is 0 Å². The molecule has 1 rings (SSSR count). The van der Waals surface area contributed by atoms with E-state index in [2.05, 4.69) is 22.6 Å². The second kappa shape index (κ2) is 4.66. The Kier molecular flexibility index (Phi) is 3.72. The zero-order valence-electron chi connectivity index (χ0n) is 6.69. The van der Waals surface area contributed by atoms with E-state index in [1.807, 2.05) is 0 Å². The van der Waals surface area contributed by atoms with Crippen molar-refractivity contribution in [1.29, 1.82) is 0 Å². The summed E-state index contributed by atoms with van der Waals surface area (Å²) < 4.78 is 0. The molecule has 0 atom stereocenters. The molecule has 0 amide bonds. The van der Waals surface area contributed by atoms with Gasteiger partial charge in [-0.2, -0.15) is 0 Å². The summed E-state index contributed by atoms with van der Waals surface area (Å²) in [6.45, 7) is 4.33. The largest absolute Gasteiger partial charge is 0.304 e. The van der Waals surface area contributed by atoms with Crippen molar-refractivity contribution < 1.29 is 0 Å². The molecule has 3 heteroatoms. The van der Waals surface area contributed by atoms with Crippen LogP contribution >= 0.6 is 0 Å². The highest BCUT2D eigenvalue weighted by Crippen LogP contribution is 1.91. The molecule has 0 aromatic rings. The predicted octanol–water partition coefficient (Wildman–Crippen LogP) is -0.194. The molecule has 1 fully saturated rings. The zero-order valence-corrected chi connectivity index (χ0v) is 6.69. The van der Waals surface area contributed by atoms with Crippen LogP contribution in [0, 0.1) is 0 Å². The van der Waals surface area contributed by atoms with Crippen LogP contribution in [0.1, 0.15) is 12.8 Å². The molecule has 10 heavy (non-hydrogen) atoms. The van der Waals surface area contributed by atoms with Gasteiger partial charge in [0.1, 0.15) is 0 Å². The molecule has 1 saturated heterocycles. The van der Waals surface area contributed by atoms with Gasteiger partial charge in [-0.15, -0.1) is 0 Å². The van der Waals surface area contributed by atoms with Crippen LogP contribution in [0.4, 0.5) is 0 Å². The standard InChI is InChI=1S/C7H17N3/c1-10-5-3-2-4-8-6-9-7-10/h8-9H,2-7H2,1H3. The van der Waals surface area contributed by atoms with Gasteiger partial charge in [0.15, 0.2) is 0 Å². The zero-order chi connectivity index (χ0) is 7.23. The lowest BCUT2D eigenvalue weighted by atomic mass is 10.3. The van der Waals surface area contributed by atoms with Gasteiger partial charge < -0.3 is 5.32 Å². The molecule has 0 bridgehead atoms. The maximum atomic E-state index is 3.31. The first-order valence-electron chi connectivity index (χ1n) is 3.99. The molecule has 1 aliphatic heterocycles. The summed E-state index contributed by atoms with van der Waals surface area (Å²) >= 11 is 0. The number of hydrogen-bond donors (Lipinski definition) is 2. The number of rotatable bonds is 0. The first kappa shape index (κ1) is 7.98. The topological polar surface area (TPSA) is 27.3 Å². The van der Waals surface area contributed by atoms with Crippen molar-refractivity contribution in [2.24, 2.45) is 0 Å². The Morgan fingerprint density at radius 1 is 1.20 bits per heavy atom. The summed E-state index contributed by atoms with van der Waals surface area (Å²) in [6.07, 6.45) is 2.61. The molecule has 0 saturated carbocycles. The van der Waals surface area contributed by atoms with E-state index in [0.29, 0.717) is 0 Å². The highest BCUT2D eigenvalue weighted by atomic mass is 15.2. The van der Waals surface area contributed by atoms with Gasteiger partial charge in [0.2, 0.25) is 0 Å². The molecule has 2 N–H and O–H groups in total. The van der Waals surface area contributed by atoms with E-state index in [1.165, 1.54) is 19.4 Å². The van der Waals surface area contributed by atoms with Gasteiger partial charge in [0.05, 0.1) is 0 Å². The summed E-state index contributed by atoms with van der Waals surface area (Å²) in [5, 5.41) is 6.60. The van der Waals surface area contributed by atoms with Crippen molar-refractivity contribution in [3.05, 3.63) is 0 Å². The Hall–Kier alpha value is -0.120. The van der Waals surface area contributed by atoms with E-state index in [1.54, 1.807) is 0 Å². The molecule has 0 unspecified atom stereocenters. The molecule has 0 aromatic heterocycles. The Morgan fingerprint density at radius 3 is 3.00 bits per heavy atom. The van der Waals surface area contributed by atoms with E-state index in [-0.39, 0.29) is 0 Å². The van der Waals surface area contributed by atoms with Gasteiger partial charge in [-0.05, 0) is 33.0 Å². The van der Waals surface area contributed by atoms with E-state index in [9.17, 15) is 0 Å². The highest BCUT2D eigenvalue weighted by Gasteiger charge is 1.99. The third kappa shape index (κ3) is 3.15. The minimum absolute atomic E-state index is 0.949. The van der Waals surface area contributed by atoms with Crippen molar-refractivity contribution in [3.63, 3.8) is 0 Å². The van der Waals surface area contributed by atoms with Crippen molar-refractivity contribution >= 4 is 0 Å².